The summed E-state index contributed by atoms with van der Waals surface area (Å²) < 4.78 is 48.2. The maximum Gasteiger partial charge on any atom is 0.408 e. The van der Waals surface area contributed by atoms with Crippen LogP contribution in [0.1, 0.15) is 44.2 Å². The van der Waals surface area contributed by atoms with Gasteiger partial charge in [0.2, 0.25) is 0 Å². The van der Waals surface area contributed by atoms with Crippen molar-refractivity contribution in [1.29, 1.82) is 5.26 Å². The summed E-state index contributed by atoms with van der Waals surface area (Å²) in [5.74, 6) is -4.25. The highest BCUT2D eigenvalue weighted by Crippen LogP contribution is 2.31. The molecule has 0 aromatic heterocycles. The van der Waals surface area contributed by atoms with Crippen molar-refractivity contribution in [3.63, 3.8) is 0 Å². The molecule has 0 spiro atoms. The largest absolute Gasteiger partial charge is 0.436 e. The number of hydrogen-bond donors (Lipinski definition) is 2. The minimum absolute atomic E-state index is 0.0805. The molecule has 0 bridgehead atoms. The van der Waals surface area contributed by atoms with E-state index < -0.39 is 53.2 Å². The maximum atomic E-state index is 14.6. The molecular weight excluding hydrogens is 485 g/mol. The lowest BCUT2D eigenvalue weighted by Gasteiger charge is -2.43. The fourth-order valence-corrected chi connectivity index (χ4v) is 4.35. The Hall–Kier alpha value is -3.58. The van der Waals surface area contributed by atoms with Crippen LogP contribution < -0.4 is 10.6 Å². The molecule has 2 aromatic carbocycles. The topological polar surface area (TPSA) is 94.5 Å². The zero-order valence-corrected chi connectivity index (χ0v) is 20.9. The summed E-state index contributed by atoms with van der Waals surface area (Å²) in [5.41, 5.74) is -1.11. The molecule has 1 atom stereocenters. The normalized spacial score (nSPS) is 15.5. The van der Waals surface area contributed by atoms with Crippen LogP contribution in [0.3, 0.4) is 0 Å². The molecular formula is C27H31F3N4O3. The first-order valence-corrected chi connectivity index (χ1v) is 12.2. The summed E-state index contributed by atoms with van der Waals surface area (Å²) in [4.78, 5) is 27.6. The van der Waals surface area contributed by atoms with Crippen LogP contribution in [0, 0.1) is 34.7 Å². The molecule has 1 unspecified atom stereocenters. The molecule has 1 aliphatic rings. The standard InChI is InChI=1S/C27H31F3N4O3/c1-18(2)12-24(37-26(36)33-15-19-6-4-3-5-7-19)25(35)34(27(17-31)8-10-32-11-9-27)16-21-22(29)13-20(28)14-23(21)30/h3-7,13-14,18,24,32H,8-12,15-16H2,1-2H3,(H,33,36). The van der Waals surface area contributed by atoms with Crippen LogP contribution in [0.4, 0.5) is 18.0 Å². The predicted octanol–water partition coefficient (Wildman–Crippen LogP) is 4.42. The highest BCUT2D eigenvalue weighted by molar-refractivity contribution is 5.84. The Labute approximate surface area is 214 Å². The third kappa shape index (κ3) is 7.23. The number of hydrogen-bond acceptors (Lipinski definition) is 5. The van der Waals surface area contributed by atoms with E-state index >= 15 is 0 Å². The van der Waals surface area contributed by atoms with Crippen LogP contribution in [0.15, 0.2) is 42.5 Å². The average molecular weight is 517 g/mol. The maximum absolute atomic E-state index is 14.6. The van der Waals surface area contributed by atoms with Gasteiger partial charge in [-0.25, -0.2) is 18.0 Å². The van der Waals surface area contributed by atoms with Crippen LogP contribution in [-0.2, 0) is 22.6 Å². The zero-order chi connectivity index (χ0) is 27.0. The SMILES string of the molecule is CC(C)CC(OC(=O)NCc1ccccc1)C(=O)N(Cc1c(F)cc(F)cc1F)C1(C#N)CCNCC1. The van der Waals surface area contributed by atoms with Gasteiger partial charge in [0.05, 0.1) is 12.6 Å². The molecule has 0 radical (unpaired) electrons. The summed E-state index contributed by atoms with van der Waals surface area (Å²) in [5, 5.41) is 15.8. The van der Waals surface area contributed by atoms with Crippen molar-refractivity contribution >= 4 is 12.0 Å². The second kappa shape index (κ2) is 12.6. The molecule has 2 aromatic rings. The van der Waals surface area contributed by atoms with Gasteiger partial charge in [0, 0.05) is 24.2 Å². The molecule has 7 nitrogen and oxygen atoms in total. The molecule has 1 fully saturated rings. The van der Waals surface area contributed by atoms with Crippen molar-refractivity contribution in [3.05, 3.63) is 71.0 Å². The van der Waals surface area contributed by atoms with E-state index in [0.717, 1.165) is 10.5 Å². The van der Waals surface area contributed by atoms with E-state index in [4.69, 9.17) is 4.74 Å². The van der Waals surface area contributed by atoms with E-state index in [0.29, 0.717) is 25.2 Å². The van der Waals surface area contributed by atoms with E-state index in [1.165, 1.54) is 0 Å². The predicted molar refractivity (Wildman–Crippen MR) is 130 cm³/mol. The van der Waals surface area contributed by atoms with Gasteiger partial charge in [0.25, 0.3) is 5.91 Å². The molecule has 0 aliphatic carbocycles. The third-order valence-corrected chi connectivity index (χ3v) is 6.33. The van der Waals surface area contributed by atoms with Crippen LogP contribution in [-0.4, -0.2) is 41.6 Å². The number of rotatable bonds is 9. The number of carbonyl (C=O) groups excluding carboxylic acids is 2. The van der Waals surface area contributed by atoms with E-state index in [-0.39, 0.29) is 31.7 Å². The van der Waals surface area contributed by atoms with Gasteiger partial charge < -0.3 is 20.3 Å². The van der Waals surface area contributed by atoms with Gasteiger partial charge in [-0.3, -0.25) is 4.79 Å². The number of amides is 2. The number of nitrogens with zero attached hydrogens (tertiary/aromatic N) is 2. The lowest BCUT2D eigenvalue weighted by molar-refractivity contribution is -0.147. The Morgan fingerprint density at radius 1 is 1.14 bits per heavy atom. The van der Waals surface area contributed by atoms with Gasteiger partial charge in [-0.05, 0) is 43.8 Å². The minimum atomic E-state index is -1.39. The minimum Gasteiger partial charge on any atom is -0.436 e. The number of nitrogens with one attached hydrogen (secondary N) is 2. The molecule has 0 saturated carbocycles. The molecule has 1 aliphatic heterocycles. The van der Waals surface area contributed by atoms with Crippen LogP contribution in [0.25, 0.3) is 0 Å². The molecule has 1 saturated heterocycles. The van der Waals surface area contributed by atoms with E-state index in [1.54, 1.807) is 0 Å². The van der Waals surface area contributed by atoms with Gasteiger partial charge in [-0.15, -0.1) is 0 Å². The van der Waals surface area contributed by atoms with Crippen LogP contribution >= 0.6 is 0 Å². The Kier molecular flexibility index (Phi) is 9.53. The first-order valence-electron chi connectivity index (χ1n) is 12.2. The molecule has 1 heterocycles. The van der Waals surface area contributed by atoms with Crippen molar-refractivity contribution in [2.75, 3.05) is 13.1 Å². The fourth-order valence-electron chi connectivity index (χ4n) is 4.35. The fraction of sp³-hybridized carbons (Fsp3) is 0.444. The van der Waals surface area contributed by atoms with E-state index in [1.807, 2.05) is 44.2 Å². The first kappa shape index (κ1) is 28.0. The number of halogens is 3. The van der Waals surface area contributed by atoms with E-state index in [2.05, 4.69) is 16.7 Å². The number of ether oxygens (including phenoxy) is 1. The summed E-state index contributed by atoms with van der Waals surface area (Å²) in [7, 11) is 0. The first-order chi connectivity index (χ1) is 17.6. The monoisotopic (exact) mass is 516 g/mol. The summed E-state index contributed by atoms with van der Waals surface area (Å²) in [6.07, 6.45) is -1.61. The number of carbonyl (C=O) groups is 2. The van der Waals surface area contributed by atoms with E-state index in [9.17, 15) is 28.0 Å². The number of benzene rings is 2. The Bertz CT molecular complexity index is 1110. The Balaban J connectivity index is 1.90. The smallest absolute Gasteiger partial charge is 0.408 e. The Morgan fingerprint density at radius 2 is 1.76 bits per heavy atom. The lowest BCUT2D eigenvalue weighted by atomic mass is 9.86. The summed E-state index contributed by atoms with van der Waals surface area (Å²) in [6, 6.07) is 12.3. The second-order valence-electron chi connectivity index (χ2n) is 9.53. The number of nitriles is 1. The van der Waals surface area contributed by atoms with Gasteiger partial charge in [-0.1, -0.05) is 44.2 Å². The van der Waals surface area contributed by atoms with Crippen molar-refractivity contribution in [2.24, 2.45) is 5.92 Å². The average Bonchev–Trinajstić information content (AvgIpc) is 2.87. The molecule has 10 heteroatoms. The molecule has 2 amide bonds. The molecule has 37 heavy (non-hydrogen) atoms. The van der Waals surface area contributed by atoms with Crippen LogP contribution in [0.2, 0.25) is 0 Å². The van der Waals surface area contributed by atoms with Gasteiger partial charge in [-0.2, -0.15) is 5.26 Å². The molecule has 198 valence electrons. The lowest BCUT2D eigenvalue weighted by Crippen LogP contribution is -2.58. The highest BCUT2D eigenvalue weighted by atomic mass is 19.1. The van der Waals surface area contributed by atoms with Crippen LogP contribution in [0.5, 0.6) is 0 Å². The summed E-state index contributed by atoms with van der Waals surface area (Å²) >= 11 is 0. The second-order valence-corrected chi connectivity index (χ2v) is 9.53. The molecule has 3 rings (SSSR count). The van der Waals surface area contributed by atoms with Crippen molar-refractivity contribution in [2.45, 2.75) is 57.8 Å². The van der Waals surface area contributed by atoms with Gasteiger partial charge in [0.15, 0.2) is 6.10 Å². The van der Waals surface area contributed by atoms with Crippen molar-refractivity contribution in [3.8, 4) is 6.07 Å². The third-order valence-electron chi connectivity index (χ3n) is 6.33. The number of piperidine rings is 1. The number of alkyl carbamates (subject to hydrolysis) is 1. The molecule has 2 N–H and O–H groups in total. The zero-order valence-electron chi connectivity index (χ0n) is 20.9. The van der Waals surface area contributed by atoms with Gasteiger partial charge >= 0.3 is 6.09 Å². The summed E-state index contributed by atoms with van der Waals surface area (Å²) in [6.45, 7) is 4.02. The van der Waals surface area contributed by atoms with Crippen molar-refractivity contribution < 1.29 is 27.5 Å². The van der Waals surface area contributed by atoms with Gasteiger partial charge in [0.1, 0.15) is 23.0 Å². The van der Waals surface area contributed by atoms with Crippen molar-refractivity contribution in [1.82, 2.24) is 15.5 Å². The quantitative estimate of drug-likeness (QED) is 0.515. The highest BCUT2D eigenvalue weighted by Gasteiger charge is 2.44. The Morgan fingerprint density at radius 3 is 2.32 bits per heavy atom.